The van der Waals surface area contributed by atoms with E-state index in [-0.39, 0.29) is 18.2 Å². The van der Waals surface area contributed by atoms with Crippen molar-refractivity contribution in [2.45, 2.75) is 25.5 Å². The Bertz CT molecular complexity index is 315. The number of aliphatic hydroxyl groups excluding tert-OH is 1. The summed E-state index contributed by atoms with van der Waals surface area (Å²) in [4.78, 5) is 2.14. The first-order valence-electron chi connectivity index (χ1n) is 4.90. The summed E-state index contributed by atoms with van der Waals surface area (Å²) in [6.07, 6.45) is -0.125. The lowest BCUT2D eigenvalue weighted by molar-refractivity contribution is -0.0311. The van der Waals surface area contributed by atoms with E-state index in [1.54, 1.807) is 0 Å². The van der Waals surface area contributed by atoms with Gasteiger partial charge in [-0.3, -0.25) is 0 Å². The van der Waals surface area contributed by atoms with Crippen LogP contribution >= 0.6 is 11.5 Å². The maximum absolute atomic E-state index is 9.09. The van der Waals surface area contributed by atoms with Gasteiger partial charge in [0, 0.05) is 6.54 Å². The van der Waals surface area contributed by atoms with Crippen LogP contribution in [-0.2, 0) is 4.74 Å². The Morgan fingerprint density at radius 1 is 1.73 bits per heavy atom. The SMILES string of the molecule is CC1(C)COC(CO)CN1c1csnn1. The van der Waals surface area contributed by atoms with Gasteiger partial charge in [0.05, 0.1) is 30.2 Å². The van der Waals surface area contributed by atoms with Crippen LogP contribution < -0.4 is 4.90 Å². The molecule has 15 heavy (non-hydrogen) atoms. The van der Waals surface area contributed by atoms with E-state index in [9.17, 15) is 0 Å². The smallest absolute Gasteiger partial charge is 0.164 e. The summed E-state index contributed by atoms with van der Waals surface area (Å²) in [6.45, 7) is 5.49. The molecule has 5 nitrogen and oxygen atoms in total. The average Bonchev–Trinajstić information content (AvgIpc) is 2.70. The topological polar surface area (TPSA) is 58.5 Å². The van der Waals surface area contributed by atoms with E-state index in [1.165, 1.54) is 11.5 Å². The predicted molar refractivity (Wildman–Crippen MR) is 58.2 cm³/mol. The van der Waals surface area contributed by atoms with Crippen molar-refractivity contribution in [2.75, 3.05) is 24.7 Å². The van der Waals surface area contributed by atoms with Crippen LogP contribution in [-0.4, -0.2) is 46.1 Å². The third kappa shape index (κ3) is 2.11. The summed E-state index contributed by atoms with van der Waals surface area (Å²) in [5.74, 6) is 0.867. The molecule has 0 amide bonds. The fraction of sp³-hybridized carbons (Fsp3) is 0.778. The highest BCUT2D eigenvalue weighted by molar-refractivity contribution is 7.03. The van der Waals surface area contributed by atoms with E-state index in [1.807, 2.05) is 5.38 Å². The molecule has 0 aliphatic carbocycles. The molecule has 1 N–H and O–H groups in total. The van der Waals surface area contributed by atoms with E-state index in [0.717, 1.165) is 5.82 Å². The average molecular weight is 229 g/mol. The Balaban J connectivity index is 2.19. The van der Waals surface area contributed by atoms with Gasteiger partial charge in [0.15, 0.2) is 5.82 Å². The molecule has 2 heterocycles. The highest BCUT2D eigenvalue weighted by atomic mass is 32.1. The summed E-state index contributed by atoms with van der Waals surface area (Å²) in [6, 6.07) is 0. The number of morpholine rings is 1. The molecule has 0 saturated carbocycles. The van der Waals surface area contributed by atoms with E-state index in [2.05, 4.69) is 28.3 Å². The zero-order valence-corrected chi connectivity index (χ0v) is 9.70. The molecule has 1 atom stereocenters. The molecule has 84 valence electrons. The lowest BCUT2D eigenvalue weighted by atomic mass is 10.0. The fourth-order valence-corrected chi connectivity index (χ4v) is 2.14. The van der Waals surface area contributed by atoms with E-state index >= 15 is 0 Å². The lowest BCUT2D eigenvalue weighted by Crippen LogP contribution is -2.57. The lowest BCUT2D eigenvalue weighted by Gasteiger charge is -2.45. The molecule has 6 heteroatoms. The highest BCUT2D eigenvalue weighted by Crippen LogP contribution is 2.27. The van der Waals surface area contributed by atoms with Gasteiger partial charge < -0.3 is 14.7 Å². The number of aromatic nitrogens is 2. The Labute approximate surface area is 92.8 Å². The van der Waals surface area contributed by atoms with Gasteiger partial charge in [0.2, 0.25) is 0 Å². The molecular weight excluding hydrogens is 214 g/mol. The molecule has 1 aromatic heterocycles. The van der Waals surface area contributed by atoms with E-state index in [0.29, 0.717) is 13.2 Å². The molecular formula is C9H15N3O2S. The number of hydrogen-bond donors (Lipinski definition) is 1. The minimum Gasteiger partial charge on any atom is -0.394 e. The van der Waals surface area contributed by atoms with Crippen molar-refractivity contribution in [3.05, 3.63) is 5.38 Å². The van der Waals surface area contributed by atoms with Crippen molar-refractivity contribution in [3.8, 4) is 0 Å². The van der Waals surface area contributed by atoms with Gasteiger partial charge in [-0.1, -0.05) is 4.49 Å². The predicted octanol–water partition coefficient (Wildman–Crippen LogP) is 0.514. The second-order valence-electron chi connectivity index (χ2n) is 4.30. The van der Waals surface area contributed by atoms with E-state index in [4.69, 9.17) is 9.84 Å². The third-order valence-electron chi connectivity index (χ3n) is 2.62. The number of anilines is 1. The van der Waals surface area contributed by atoms with Gasteiger partial charge in [0.1, 0.15) is 0 Å². The number of rotatable bonds is 2. The first-order chi connectivity index (χ1) is 7.13. The molecule has 1 fully saturated rings. The van der Waals surface area contributed by atoms with Crippen molar-refractivity contribution in [1.29, 1.82) is 0 Å². The van der Waals surface area contributed by atoms with Crippen molar-refractivity contribution in [2.24, 2.45) is 0 Å². The van der Waals surface area contributed by atoms with Gasteiger partial charge in [-0.25, -0.2) is 0 Å². The monoisotopic (exact) mass is 229 g/mol. The Morgan fingerprint density at radius 3 is 3.13 bits per heavy atom. The summed E-state index contributed by atoms with van der Waals surface area (Å²) in [5, 5.41) is 15.1. The maximum atomic E-state index is 9.09. The first-order valence-corrected chi connectivity index (χ1v) is 5.74. The minimum absolute atomic E-state index is 0.0458. The summed E-state index contributed by atoms with van der Waals surface area (Å²) in [7, 11) is 0. The molecule has 0 spiro atoms. The molecule has 2 rings (SSSR count). The fourth-order valence-electron chi connectivity index (χ4n) is 1.69. The largest absolute Gasteiger partial charge is 0.394 e. The van der Waals surface area contributed by atoms with Gasteiger partial charge in [-0.05, 0) is 25.4 Å². The van der Waals surface area contributed by atoms with Crippen LogP contribution in [0.1, 0.15) is 13.8 Å². The highest BCUT2D eigenvalue weighted by Gasteiger charge is 2.35. The second-order valence-corrected chi connectivity index (χ2v) is 4.91. The Hall–Kier alpha value is -0.720. The minimum atomic E-state index is -0.125. The molecule has 1 unspecified atom stereocenters. The van der Waals surface area contributed by atoms with Crippen LogP contribution in [0.25, 0.3) is 0 Å². The summed E-state index contributed by atoms with van der Waals surface area (Å²) < 4.78 is 9.39. The van der Waals surface area contributed by atoms with Crippen LogP contribution in [0.5, 0.6) is 0 Å². The van der Waals surface area contributed by atoms with Crippen LogP contribution in [0.4, 0.5) is 5.82 Å². The number of nitrogens with zero attached hydrogens (tertiary/aromatic N) is 3. The van der Waals surface area contributed by atoms with Crippen LogP contribution in [0.3, 0.4) is 0 Å². The van der Waals surface area contributed by atoms with Gasteiger partial charge in [-0.15, -0.1) is 5.10 Å². The van der Waals surface area contributed by atoms with Crippen molar-refractivity contribution in [1.82, 2.24) is 9.59 Å². The van der Waals surface area contributed by atoms with Crippen LogP contribution in [0, 0.1) is 0 Å². The zero-order chi connectivity index (χ0) is 10.9. The molecule has 1 aromatic rings. The number of hydrogen-bond acceptors (Lipinski definition) is 6. The standard InChI is InChI=1S/C9H15N3O2S/c1-9(2)6-14-7(4-13)3-12(9)8-5-15-11-10-8/h5,7,13H,3-4,6H2,1-2H3. The van der Waals surface area contributed by atoms with Crippen LogP contribution in [0.15, 0.2) is 5.38 Å². The number of aliphatic hydroxyl groups is 1. The van der Waals surface area contributed by atoms with Crippen molar-refractivity contribution in [3.63, 3.8) is 0 Å². The first kappa shape index (κ1) is 10.8. The van der Waals surface area contributed by atoms with E-state index < -0.39 is 0 Å². The summed E-state index contributed by atoms with van der Waals surface area (Å²) >= 11 is 1.34. The van der Waals surface area contributed by atoms with Gasteiger partial charge in [-0.2, -0.15) is 0 Å². The number of ether oxygens (including phenoxy) is 1. The molecule has 1 aliphatic rings. The van der Waals surface area contributed by atoms with Crippen molar-refractivity contribution >= 4 is 17.4 Å². The maximum Gasteiger partial charge on any atom is 0.164 e. The quantitative estimate of drug-likeness (QED) is 0.801. The molecule has 0 aromatic carbocycles. The molecule has 0 bridgehead atoms. The van der Waals surface area contributed by atoms with Gasteiger partial charge >= 0.3 is 0 Å². The van der Waals surface area contributed by atoms with Crippen molar-refractivity contribution < 1.29 is 9.84 Å². The molecule has 0 radical (unpaired) electrons. The third-order valence-corrected chi connectivity index (χ3v) is 3.11. The van der Waals surface area contributed by atoms with Crippen LogP contribution in [0.2, 0.25) is 0 Å². The Kier molecular flexibility index (Phi) is 2.90. The Morgan fingerprint density at radius 2 is 2.53 bits per heavy atom. The van der Waals surface area contributed by atoms with Gasteiger partial charge in [0.25, 0.3) is 0 Å². The molecule has 1 aliphatic heterocycles. The normalized spacial score (nSPS) is 25.5. The second kappa shape index (κ2) is 4.03. The summed E-state index contributed by atoms with van der Waals surface area (Å²) in [5.41, 5.74) is -0.0958. The molecule has 1 saturated heterocycles. The zero-order valence-electron chi connectivity index (χ0n) is 8.88.